The number of methoxy groups -OCH3 is 1. The van der Waals surface area contributed by atoms with E-state index in [4.69, 9.17) is 4.74 Å². The van der Waals surface area contributed by atoms with Crippen LogP contribution in [-0.2, 0) is 6.54 Å². The van der Waals surface area contributed by atoms with Gasteiger partial charge in [0.25, 0.3) is 0 Å². The minimum atomic E-state index is 0.200. The number of nitrogens with one attached hydrogen (secondary N) is 1. The van der Waals surface area contributed by atoms with E-state index in [0.29, 0.717) is 11.8 Å². The average Bonchev–Trinajstić information content (AvgIpc) is 3.07. The second-order valence-electron chi connectivity index (χ2n) is 4.78. The summed E-state index contributed by atoms with van der Waals surface area (Å²) in [5.74, 6) is 1.62. The lowest BCUT2D eigenvalue weighted by Gasteiger charge is -2.08. The Bertz CT molecular complexity index is 378. The monoisotopic (exact) mass is 235 g/mol. The molecule has 0 spiro atoms. The highest BCUT2D eigenvalue weighted by Crippen LogP contribution is 2.35. The van der Waals surface area contributed by atoms with E-state index in [1.165, 1.54) is 19.3 Å². The van der Waals surface area contributed by atoms with Gasteiger partial charge in [-0.1, -0.05) is 19.4 Å². The summed E-state index contributed by atoms with van der Waals surface area (Å²) in [6, 6.07) is 6.20. The molecule has 1 aliphatic rings. The Balaban J connectivity index is 1.83. The molecular weight excluding hydrogens is 214 g/mol. The number of phenolic OH excluding ortho intramolecular Hbond substituents is 1. The van der Waals surface area contributed by atoms with Gasteiger partial charge in [0.05, 0.1) is 7.11 Å². The van der Waals surface area contributed by atoms with E-state index in [1.54, 1.807) is 13.2 Å². The summed E-state index contributed by atoms with van der Waals surface area (Å²) in [4.78, 5) is 0. The maximum absolute atomic E-state index is 9.49. The van der Waals surface area contributed by atoms with Crippen LogP contribution in [0, 0.1) is 5.92 Å². The van der Waals surface area contributed by atoms with Crippen LogP contribution in [0.2, 0.25) is 0 Å². The normalized spacial score (nSPS) is 22.5. The molecule has 0 saturated heterocycles. The minimum absolute atomic E-state index is 0.200. The van der Waals surface area contributed by atoms with Gasteiger partial charge in [-0.05, 0) is 36.5 Å². The molecule has 2 atom stereocenters. The van der Waals surface area contributed by atoms with E-state index in [9.17, 15) is 5.11 Å². The fourth-order valence-electron chi connectivity index (χ4n) is 2.27. The van der Waals surface area contributed by atoms with Gasteiger partial charge in [-0.25, -0.2) is 0 Å². The Morgan fingerprint density at radius 1 is 1.47 bits per heavy atom. The minimum Gasteiger partial charge on any atom is -0.504 e. The molecule has 94 valence electrons. The molecule has 3 heteroatoms. The molecule has 17 heavy (non-hydrogen) atoms. The highest BCUT2D eigenvalue weighted by atomic mass is 16.5. The molecular formula is C14H21NO2. The Hall–Kier alpha value is -1.22. The number of ether oxygens (including phenoxy) is 1. The van der Waals surface area contributed by atoms with Crippen LogP contribution < -0.4 is 10.1 Å². The van der Waals surface area contributed by atoms with Crippen molar-refractivity contribution in [3.05, 3.63) is 23.8 Å². The van der Waals surface area contributed by atoms with E-state index in [2.05, 4.69) is 12.2 Å². The van der Waals surface area contributed by atoms with E-state index < -0.39 is 0 Å². The first-order valence-electron chi connectivity index (χ1n) is 6.33. The van der Waals surface area contributed by atoms with Crippen molar-refractivity contribution < 1.29 is 9.84 Å². The molecule has 1 fully saturated rings. The molecule has 1 aromatic carbocycles. The van der Waals surface area contributed by atoms with Gasteiger partial charge in [0.2, 0.25) is 0 Å². The molecule has 1 saturated carbocycles. The molecule has 0 radical (unpaired) electrons. The Morgan fingerprint density at radius 2 is 2.29 bits per heavy atom. The highest BCUT2D eigenvalue weighted by molar-refractivity contribution is 5.41. The van der Waals surface area contributed by atoms with Crippen LogP contribution in [0.5, 0.6) is 11.5 Å². The fourth-order valence-corrected chi connectivity index (χ4v) is 2.27. The van der Waals surface area contributed by atoms with Crippen molar-refractivity contribution in [2.24, 2.45) is 5.92 Å². The molecule has 0 amide bonds. The quantitative estimate of drug-likeness (QED) is 0.796. The molecule has 3 nitrogen and oxygen atoms in total. The lowest BCUT2D eigenvalue weighted by Crippen LogP contribution is -2.17. The van der Waals surface area contributed by atoms with Gasteiger partial charge in [-0.15, -0.1) is 0 Å². The second-order valence-corrected chi connectivity index (χ2v) is 4.78. The van der Waals surface area contributed by atoms with Crippen molar-refractivity contribution in [3.8, 4) is 11.5 Å². The van der Waals surface area contributed by atoms with Crippen LogP contribution in [0.25, 0.3) is 0 Å². The zero-order valence-electron chi connectivity index (χ0n) is 10.6. The van der Waals surface area contributed by atoms with Gasteiger partial charge in [0.1, 0.15) is 0 Å². The van der Waals surface area contributed by atoms with Gasteiger partial charge >= 0.3 is 0 Å². The van der Waals surface area contributed by atoms with E-state index in [-0.39, 0.29) is 5.75 Å². The lowest BCUT2D eigenvalue weighted by atomic mass is 10.2. The van der Waals surface area contributed by atoms with Crippen LogP contribution >= 0.6 is 0 Å². The Morgan fingerprint density at radius 3 is 3.00 bits per heavy atom. The summed E-state index contributed by atoms with van der Waals surface area (Å²) >= 11 is 0. The number of benzene rings is 1. The van der Waals surface area contributed by atoms with Crippen molar-refractivity contribution >= 4 is 0 Å². The Labute approximate surface area is 103 Å². The molecule has 0 heterocycles. The number of rotatable bonds is 6. The maximum Gasteiger partial charge on any atom is 0.160 e. The van der Waals surface area contributed by atoms with Crippen molar-refractivity contribution in [2.45, 2.75) is 38.8 Å². The first-order valence-corrected chi connectivity index (χ1v) is 6.33. The lowest BCUT2D eigenvalue weighted by molar-refractivity contribution is 0.372. The third-order valence-electron chi connectivity index (χ3n) is 3.39. The molecule has 0 aromatic heterocycles. The Kier molecular flexibility index (Phi) is 3.89. The van der Waals surface area contributed by atoms with Crippen LogP contribution in [-0.4, -0.2) is 18.3 Å². The predicted molar refractivity (Wildman–Crippen MR) is 68.3 cm³/mol. The first-order chi connectivity index (χ1) is 8.24. The third-order valence-corrected chi connectivity index (χ3v) is 3.39. The molecule has 1 aliphatic carbocycles. The van der Waals surface area contributed by atoms with Gasteiger partial charge in [-0.3, -0.25) is 0 Å². The number of hydrogen-bond donors (Lipinski definition) is 2. The highest BCUT2D eigenvalue weighted by Gasteiger charge is 2.35. The first kappa shape index (κ1) is 12.2. The van der Waals surface area contributed by atoms with Crippen LogP contribution in [0.15, 0.2) is 18.2 Å². The predicted octanol–water partition coefficient (Wildman–Crippen LogP) is 2.68. The fraction of sp³-hybridized carbons (Fsp3) is 0.571. The van der Waals surface area contributed by atoms with Gasteiger partial charge in [0, 0.05) is 12.6 Å². The summed E-state index contributed by atoms with van der Waals surface area (Å²) in [6.07, 6.45) is 3.91. The molecule has 0 aliphatic heterocycles. The molecule has 2 N–H and O–H groups in total. The number of phenols is 1. The number of aromatic hydroxyl groups is 1. The summed E-state index contributed by atoms with van der Waals surface area (Å²) in [6.45, 7) is 3.09. The molecule has 2 unspecified atom stereocenters. The van der Waals surface area contributed by atoms with Crippen LogP contribution in [0.3, 0.4) is 0 Å². The summed E-state index contributed by atoms with van der Waals surface area (Å²) < 4.78 is 5.09. The average molecular weight is 235 g/mol. The van der Waals surface area contributed by atoms with Crippen molar-refractivity contribution in [3.63, 3.8) is 0 Å². The van der Waals surface area contributed by atoms with Crippen LogP contribution in [0.1, 0.15) is 31.7 Å². The van der Waals surface area contributed by atoms with Crippen molar-refractivity contribution in [1.82, 2.24) is 5.32 Å². The largest absolute Gasteiger partial charge is 0.504 e. The molecule has 1 aromatic rings. The standard InChI is InChI=1S/C14H21NO2/c1-3-4-11-8-12(11)15-9-10-5-6-13(16)14(7-10)17-2/h5-7,11-12,15-16H,3-4,8-9H2,1-2H3. The SMILES string of the molecule is CCCC1CC1NCc1ccc(O)c(OC)c1. The molecule has 2 rings (SSSR count). The van der Waals surface area contributed by atoms with Crippen molar-refractivity contribution in [2.75, 3.05) is 7.11 Å². The van der Waals surface area contributed by atoms with E-state index in [1.807, 2.05) is 12.1 Å². The smallest absolute Gasteiger partial charge is 0.160 e. The summed E-state index contributed by atoms with van der Waals surface area (Å²) in [5, 5.41) is 13.0. The second kappa shape index (κ2) is 5.41. The topological polar surface area (TPSA) is 41.5 Å². The van der Waals surface area contributed by atoms with Gasteiger partial charge < -0.3 is 15.2 Å². The number of hydrogen-bond acceptors (Lipinski definition) is 3. The third kappa shape index (κ3) is 3.13. The zero-order chi connectivity index (χ0) is 12.3. The zero-order valence-corrected chi connectivity index (χ0v) is 10.6. The van der Waals surface area contributed by atoms with Gasteiger partial charge in [0.15, 0.2) is 11.5 Å². The summed E-state index contributed by atoms with van der Waals surface area (Å²) in [5.41, 5.74) is 1.15. The summed E-state index contributed by atoms with van der Waals surface area (Å²) in [7, 11) is 1.57. The molecule has 0 bridgehead atoms. The van der Waals surface area contributed by atoms with E-state index >= 15 is 0 Å². The van der Waals surface area contributed by atoms with Gasteiger partial charge in [-0.2, -0.15) is 0 Å². The van der Waals surface area contributed by atoms with Crippen LogP contribution in [0.4, 0.5) is 0 Å². The van der Waals surface area contributed by atoms with E-state index in [0.717, 1.165) is 18.0 Å². The maximum atomic E-state index is 9.49. The van der Waals surface area contributed by atoms with Crippen molar-refractivity contribution in [1.29, 1.82) is 0 Å².